The first-order valence-corrected chi connectivity index (χ1v) is 5.54. The van der Waals surface area contributed by atoms with Crippen molar-refractivity contribution < 1.29 is 9.53 Å². The minimum absolute atomic E-state index is 0.0583. The number of rotatable bonds is 2. The minimum atomic E-state index is -0.575. The summed E-state index contributed by atoms with van der Waals surface area (Å²) in [5, 5.41) is 3.64. The number of azide groups is 1. The highest BCUT2D eigenvalue weighted by Gasteiger charge is 2.56. The predicted octanol–water partition coefficient (Wildman–Crippen LogP) is 1.67. The number of amides is 1. The number of hydrogen-bond donors (Lipinski definition) is 0. The number of carbonyl (C=O) groups is 1. The summed E-state index contributed by atoms with van der Waals surface area (Å²) < 4.78 is 5.61. The molecule has 88 valence electrons. The van der Waals surface area contributed by atoms with E-state index in [1.54, 1.807) is 4.90 Å². The maximum atomic E-state index is 12.1. The maximum absolute atomic E-state index is 12.1. The van der Waals surface area contributed by atoms with Crippen molar-refractivity contribution >= 4 is 5.91 Å². The molecule has 0 saturated carbocycles. The summed E-state index contributed by atoms with van der Waals surface area (Å²) in [4.78, 5) is 16.7. The molecule has 0 radical (unpaired) electrons. The second kappa shape index (κ2) is 3.64. The van der Waals surface area contributed by atoms with Gasteiger partial charge in [-0.3, -0.25) is 4.79 Å². The number of fused-ring (bicyclic) bond motifs is 1. The average molecular weight is 224 g/mol. The molecular weight excluding hydrogens is 208 g/mol. The Balaban J connectivity index is 2.36. The van der Waals surface area contributed by atoms with Crippen molar-refractivity contribution in [2.24, 2.45) is 11.0 Å². The van der Waals surface area contributed by atoms with Gasteiger partial charge < -0.3 is 9.64 Å². The van der Waals surface area contributed by atoms with Crippen molar-refractivity contribution in [1.29, 1.82) is 0 Å². The van der Waals surface area contributed by atoms with E-state index in [2.05, 4.69) is 10.0 Å². The summed E-state index contributed by atoms with van der Waals surface area (Å²) in [7, 11) is 0. The van der Waals surface area contributed by atoms with Crippen LogP contribution < -0.4 is 0 Å². The minimum Gasteiger partial charge on any atom is -0.354 e. The van der Waals surface area contributed by atoms with Crippen molar-refractivity contribution in [3.05, 3.63) is 10.4 Å². The predicted molar refractivity (Wildman–Crippen MR) is 57.4 cm³/mol. The monoisotopic (exact) mass is 224 g/mol. The van der Waals surface area contributed by atoms with E-state index < -0.39 is 11.8 Å². The van der Waals surface area contributed by atoms with E-state index in [0.717, 1.165) is 6.42 Å². The van der Waals surface area contributed by atoms with E-state index in [1.807, 2.05) is 20.8 Å². The standard InChI is InChI=1S/C10H16N4O2/c1-4-6-7-5-16-10(2,3)14(7)9(15)8(6)12-13-11/h6-8H,4-5H2,1-3H3/t6-,7+,8?/m0/s1. The van der Waals surface area contributed by atoms with Gasteiger partial charge in [0.25, 0.3) is 0 Å². The molecule has 0 bridgehead atoms. The van der Waals surface area contributed by atoms with Gasteiger partial charge in [0.05, 0.1) is 12.6 Å². The third-order valence-electron chi connectivity index (χ3n) is 3.56. The third kappa shape index (κ3) is 1.37. The number of hydrogen-bond acceptors (Lipinski definition) is 3. The number of ether oxygens (including phenoxy) is 1. The second-order valence-corrected chi connectivity index (χ2v) is 4.76. The van der Waals surface area contributed by atoms with Gasteiger partial charge in [-0.15, -0.1) is 0 Å². The Bertz CT molecular complexity index is 362. The molecule has 2 heterocycles. The third-order valence-corrected chi connectivity index (χ3v) is 3.56. The molecule has 2 fully saturated rings. The van der Waals surface area contributed by atoms with Crippen LogP contribution in [-0.2, 0) is 9.53 Å². The average Bonchev–Trinajstić information content (AvgIpc) is 2.67. The van der Waals surface area contributed by atoms with Crippen molar-refractivity contribution in [2.75, 3.05) is 6.61 Å². The van der Waals surface area contributed by atoms with Gasteiger partial charge >= 0.3 is 0 Å². The van der Waals surface area contributed by atoms with Gasteiger partial charge in [-0.25, -0.2) is 0 Å². The van der Waals surface area contributed by atoms with Crippen LogP contribution in [0.15, 0.2) is 5.11 Å². The topological polar surface area (TPSA) is 78.3 Å². The fourth-order valence-corrected chi connectivity index (χ4v) is 2.80. The lowest BCUT2D eigenvalue weighted by atomic mass is 9.94. The zero-order chi connectivity index (χ0) is 11.9. The number of carbonyl (C=O) groups excluding carboxylic acids is 1. The summed E-state index contributed by atoms with van der Waals surface area (Å²) in [5.41, 5.74) is 7.93. The molecule has 2 aliphatic rings. The van der Waals surface area contributed by atoms with E-state index in [4.69, 9.17) is 10.3 Å². The summed E-state index contributed by atoms with van der Waals surface area (Å²) in [5.74, 6) is -0.0256. The molecule has 0 aliphatic carbocycles. The van der Waals surface area contributed by atoms with Crippen molar-refractivity contribution in [3.63, 3.8) is 0 Å². The maximum Gasteiger partial charge on any atom is 0.234 e. The summed E-state index contributed by atoms with van der Waals surface area (Å²) in [6.07, 6.45) is 0.816. The Kier molecular flexibility index (Phi) is 2.56. The van der Waals surface area contributed by atoms with Crippen molar-refractivity contribution in [2.45, 2.75) is 45.0 Å². The van der Waals surface area contributed by atoms with Gasteiger partial charge in [0.1, 0.15) is 11.8 Å². The van der Waals surface area contributed by atoms with Crippen LogP contribution in [-0.4, -0.2) is 35.2 Å². The highest BCUT2D eigenvalue weighted by Crippen LogP contribution is 2.41. The molecule has 6 nitrogen and oxygen atoms in total. The van der Waals surface area contributed by atoms with Crippen LogP contribution in [0.5, 0.6) is 0 Å². The Morgan fingerprint density at radius 1 is 1.69 bits per heavy atom. The first kappa shape index (κ1) is 11.2. The SMILES string of the molecule is CC[C@@H]1C(N=[N+]=[N-])C(=O)N2[C@@H]1COC2(C)C. The van der Waals surface area contributed by atoms with E-state index in [-0.39, 0.29) is 17.9 Å². The number of nitrogens with zero attached hydrogens (tertiary/aromatic N) is 4. The fourth-order valence-electron chi connectivity index (χ4n) is 2.80. The lowest BCUT2D eigenvalue weighted by Crippen LogP contribution is -2.44. The van der Waals surface area contributed by atoms with Crippen LogP contribution in [0.2, 0.25) is 0 Å². The summed E-state index contributed by atoms with van der Waals surface area (Å²) >= 11 is 0. The van der Waals surface area contributed by atoms with E-state index in [9.17, 15) is 4.79 Å². The van der Waals surface area contributed by atoms with Gasteiger partial charge in [0.15, 0.2) is 0 Å². The molecule has 1 amide bonds. The van der Waals surface area contributed by atoms with Crippen LogP contribution in [0.25, 0.3) is 10.4 Å². The highest BCUT2D eigenvalue weighted by atomic mass is 16.5. The molecule has 0 aromatic heterocycles. The fraction of sp³-hybridized carbons (Fsp3) is 0.900. The summed E-state index contributed by atoms with van der Waals surface area (Å²) in [6, 6.07) is -0.494. The molecular formula is C10H16N4O2. The van der Waals surface area contributed by atoms with Crippen LogP contribution in [0, 0.1) is 5.92 Å². The molecule has 3 atom stereocenters. The van der Waals surface area contributed by atoms with Gasteiger partial charge in [-0.05, 0) is 25.3 Å². The van der Waals surface area contributed by atoms with Crippen LogP contribution in [0.3, 0.4) is 0 Å². The highest BCUT2D eigenvalue weighted by molar-refractivity contribution is 5.86. The zero-order valence-corrected chi connectivity index (χ0v) is 9.75. The zero-order valence-electron chi connectivity index (χ0n) is 9.75. The second-order valence-electron chi connectivity index (χ2n) is 4.76. The first-order valence-electron chi connectivity index (χ1n) is 5.54. The molecule has 0 aromatic carbocycles. The molecule has 0 spiro atoms. The smallest absolute Gasteiger partial charge is 0.234 e. The van der Waals surface area contributed by atoms with Crippen LogP contribution in [0.4, 0.5) is 0 Å². The Morgan fingerprint density at radius 3 is 2.94 bits per heavy atom. The molecule has 16 heavy (non-hydrogen) atoms. The largest absolute Gasteiger partial charge is 0.354 e. The van der Waals surface area contributed by atoms with Crippen molar-refractivity contribution in [3.8, 4) is 0 Å². The molecule has 2 aliphatic heterocycles. The lowest BCUT2D eigenvalue weighted by Gasteiger charge is -2.29. The normalized spacial score (nSPS) is 36.1. The van der Waals surface area contributed by atoms with Gasteiger partial charge in [-0.2, -0.15) is 0 Å². The molecule has 0 aromatic rings. The lowest BCUT2D eigenvalue weighted by molar-refractivity contribution is -0.142. The van der Waals surface area contributed by atoms with Gasteiger partial charge in [0.2, 0.25) is 5.91 Å². The van der Waals surface area contributed by atoms with Gasteiger partial charge in [-0.1, -0.05) is 18.5 Å². The Labute approximate surface area is 94.2 Å². The molecule has 2 saturated heterocycles. The van der Waals surface area contributed by atoms with E-state index >= 15 is 0 Å². The molecule has 1 unspecified atom stereocenters. The Morgan fingerprint density at radius 2 is 2.38 bits per heavy atom. The van der Waals surface area contributed by atoms with Gasteiger partial charge in [0, 0.05) is 4.91 Å². The quantitative estimate of drug-likeness (QED) is 0.406. The molecule has 6 heteroatoms. The van der Waals surface area contributed by atoms with Crippen LogP contribution in [0.1, 0.15) is 27.2 Å². The summed E-state index contributed by atoms with van der Waals surface area (Å²) in [6.45, 7) is 6.29. The molecule has 2 rings (SSSR count). The Hall–Kier alpha value is -1.26. The molecule has 0 N–H and O–H groups in total. The van der Waals surface area contributed by atoms with E-state index in [0.29, 0.717) is 6.61 Å². The first-order chi connectivity index (χ1) is 7.53. The van der Waals surface area contributed by atoms with E-state index in [1.165, 1.54) is 0 Å². The van der Waals surface area contributed by atoms with Crippen molar-refractivity contribution in [1.82, 2.24) is 4.90 Å². The van der Waals surface area contributed by atoms with Crippen LogP contribution >= 0.6 is 0 Å².